The largest absolute Gasteiger partial charge is 1.00 e. The Labute approximate surface area is 478 Å². The molecule has 0 unspecified atom stereocenters. The molecule has 1 aromatic heterocycles. The van der Waals surface area contributed by atoms with Gasteiger partial charge in [0.05, 0.1) is 47.1 Å². The van der Waals surface area contributed by atoms with E-state index in [9.17, 15) is 67.3 Å². The van der Waals surface area contributed by atoms with Crippen molar-refractivity contribution in [2.24, 2.45) is 20.5 Å². The van der Waals surface area contributed by atoms with Gasteiger partial charge in [-0.1, -0.05) is 47.7 Å². The Balaban J connectivity index is 0.00000304. The second-order valence-corrected chi connectivity index (χ2v) is 21.3. The quantitative estimate of drug-likeness (QED) is 0.0364. The van der Waals surface area contributed by atoms with Gasteiger partial charge in [-0.2, -0.15) is 5.26 Å². The van der Waals surface area contributed by atoms with Gasteiger partial charge in [0.1, 0.15) is 57.9 Å². The zero-order valence-electron chi connectivity index (χ0n) is 39.4. The van der Waals surface area contributed by atoms with Crippen LogP contribution in [-0.2, 0) is 40.5 Å². The van der Waals surface area contributed by atoms with E-state index in [1.54, 1.807) is 24.3 Å². The molecule has 32 heteroatoms. The third kappa shape index (κ3) is 14.1. The predicted molar refractivity (Wildman–Crippen MR) is 251 cm³/mol. The number of rotatable bonds is 14. The SMILES string of the molecule is Cc1c(C#N)c(Nc2ccc(S(=O)(=O)[O-])cc2)cc(Nc2ccc(S(=O)(=O)[O-])cc2)c1N=Nc1nc(-c2ccc3ccccc3c2)c(N=Nc2cc(S(=O)(=O)[O-])c3cc([N+](=O)[O-])cc(S(=O)(=O)[O-])c3c2)s1.[Li+].[Li+].[Li+].[Li+]. The van der Waals surface area contributed by atoms with Crippen molar-refractivity contribution < 1.29 is 132 Å². The van der Waals surface area contributed by atoms with Crippen LogP contribution in [-0.4, -0.2) is 61.8 Å². The number of nitrogens with one attached hydrogen (secondary N) is 2. The summed E-state index contributed by atoms with van der Waals surface area (Å²) in [5.74, 6) is 0. The Morgan fingerprint density at radius 1 is 0.600 bits per heavy atom. The Kier molecular flexibility index (Phi) is 20.0. The van der Waals surface area contributed by atoms with Crippen LogP contribution in [0.2, 0.25) is 0 Å². The Bertz CT molecular complexity index is 4130. The van der Waals surface area contributed by atoms with Crippen LogP contribution in [0.3, 0.4) is 0 Å². The van der Waals surface area contributed by atoms with Crippen molar-refractivity contribution in [3.63, 3.8) is 0 Å². The molecule has 23 nitrogen and oxygen atoms in total. The smallest absolute Gasteiger partial charge is 0.744 e. The molecular formula is C43H25Li4N9O14S5. The summed E-state index contributed by atoms with van der Waals surface area (Å²) in [5, 5.41) is 45.3. The first-order valence-electron chi connectivity index (χ1n) is 19.6. The second kappa shape index (κ2) is 24.2. The van der Waals surface area contributed by atoms with Gasteiger partial charge < -0.3 is 28.8 Å². The van der Waals surface area contributed by atoms with E-state index in [2.05, 4.69) is 42.1 Å². The summed E-state index contributed by atoms with van der Waals surface area (Å²) >= 11 is 0.779. The maximum absolute atomic E-state index is 12.5. The molecule has 8 rings (SSSR count). The zero-order valence-corrected chi connectivity index (χ0v) is 43.5. The van der Waals surface area contributed by atoms with E-state index in [0.717, 1.165) is 52.4 Å². The number of hydrogen-bond acceptors (Lipinski definition) is 23. The minimum absolute atomic E-state index is 0. The van der Waals surface area contributed by atoms with Gasteiger partial charge in [-0.05, 0) is 96.1 Å². The molecule has 0 spiro atoms. The molecular weight excluding hydrogens is 1050 g/mol. The molecule has 0 saturated heterocycles. The van der Waals surface area contributed by atoms with Crippen LogP contribution in [0.15, 0.2) is 161 Å². The standard InChI is InChI=1S/C43H29N9O14S5.4Li/c1-23-35(22-44)36(45-27-8-12-31(13-9-27)68(55,56)57)21-37(46-28-10-14-32(15-11-28)69(58,59)60)40(23)49-51-43-47-41(26-7-6-24-4-2-3-5-25(24)16-26)42(67-43)50-48-29-17-33-34(38(18-29)70(61,62)63)19-30(52(53)54)20-39(33)71(64,65)66;;;;/h2-21,45-46H,1H3,(H,55,56,57)(H,58,59,60)(H,61,62,63)(H,64,65,66);;;;/q;4*+1/p-4. The molecule has 0 aliphatic carbocycles. The fraction of sp³-hybridized carbons (Fsp3) is 0.0233. The maximum atomic E-state index is 12.5. The number of azo groups is 2. The minimum atomic E-state index is -5.52. The molecule has 0 bridgehead atoms. The summed E-state index contributed by atoms with van der Waals surface area (Å²) in [6, 6.07) is 28.1. The summed E-state index contributed by atoms with van der Waals surface area (Å²) in [4.78, 5) is 11.8. The Morgan fingerprint density at radius 2 is 1.13 bits per heavy atom. The average Bonchev–Trinajstić information content (AvgIpc) is 3.72. The van der Waals surface area contributed by atoms with Gasteiger partial charge in [0, 0.05) is 39.8 Å². The van der Waals surface area contributed by atoms with Crippen LogP contribution in [0.25, 0.3) is 32.8 Å². The molecule has 75 heavy (non-hydrogen) atoms. The van der Waals surface area contributed by atoms with Gasteiger partial charge in [-0.3, -0.25) is 10.1 Å². The van der Waals surface area contributed by atoms with Crippen molar-refractivity contribution in [2.45, 2.75) is 26.5 Å². The van der Waals surface area contributed by atoms with Gasteiger partial charge in [-0.25, -0.2) is 38.7 Å². The number of aromatic nitrogens is 1. The van der Waals surface area contributed by atoms with Crippen molar-refractivity contribution in [2.75, 3.05) is 10.6 Å². The van der Waals surface area contributed by atoms with Gasteiger partial charge in [0.25, 0.3) is 5.69 Å². The van der Waals surface area contributed by atoms with Gasteiger partial charge in [0.15, 0.2) is 5.00 Å². The van der Waals surface area contributed by atoms with Crippen LogP contribution in [0, 0.1) is 28.4 Å². The number of nitriles is 1. The number of non-ortho nitro benzene ring substituents is 1. The topological polar surface area (TPSA) is 382 Å². The molecule has 0 aliphatic heterocycles. The van der Waals surface area contributed by atoms with Crippen LogP contribution >= 0.6 is 11.3 Å². The van der Waals surface area contributed by atoms with Gasteiger partial charge in [0.2, 0.25) is 5.13 Å². The molecule has 0 saturated carbocycles. The minimum Gasteiger partial charge on any atom is -0.744 e. The number of fused-ring (bicyclic) bond motifs is 2. The molecule has 0 radical (unpaired) electrons. The average molecular weight is 1080 g/mol. The molecule has 0 fully saturated rings. The summed E-state index contributed by atoms with van der Waals surface area (Å²) < 4.78 is 144. The van der Waals surface area contributed by atoms with Gasteiger partial charge >= 0.3 is 75.4 Å². The molecule has 2 N–H and O–H groups in total. The van der Waals surface area contributed by atoms with Crippen LogP contribution in [0.4, 0.5) is 49.9 Å². The van der Waals surface area contributed by atoms with Crippen molar-refractivity contribution in [3.05, 3.63) is 143 Å². The first-order valence-corrected chi connectivity index (χ1v) is 26.1. The monoisotopic (exact) mass is 1080 g/mol. The van der Waals surface area contributed by atoms with Crippen molar-refractivity contribution in [3.8, 4) is 17.3 Å². The molecule has 0 amide bonds. The Morgan fingerprint density at radius 3 is 1.67 bits per heavy atom. The van der Waals surface area contributed by atoms with E-state index in [1.165, 1.54) is 37.3 Å². The fourth-order valence-electron chi connectivity index (χ4n) is 7.07. The van der Waals surface area contributed by atoms with Gasteiger partial charge in [-0.15, -0.1) is 20.5 Å². The first-order chi connectivity index (χ1) is 33.4. The van der Waals surface area contributed by atoms with E-state index in [1.807, 2.05) is 18.2 Å². The summed E-state index contributed by atoms with van der Waals surface area (Å²) in [6.45, 7) is 1.52. The maximum Gasteiger partial charge on any atom is 1.00 e. The molecule has 7 aromatic carbocycles. The van der Waals surface area contributed by atoms with E-state index in [4.69, 9.17) is 0 Å². The normalized spacial score (nSPS) is 11.8. The van der Waals surface area contributed by atoms with Crippen molar-refractivity contribution in [1.29, 1.82) is 5.26 Å². The summed E-state index contributed by atoms with van der Waals surface area (Å²) in [7, 11) is -20.6. The van der Waals surface area contributed by atoms with Crippen LogP contribution in [0.5, 0.6) is 0 Å². The molecule has 0 atom stereocenters. The van der Waals surface area contributed by atoms with Crippen LogP contribution < -0.4 is 86.1 Å². The number of nitro benzene ring substituents is 1. The van der Waals surface area contributed by atoms with Crippen molar-refractivity contribution >= 4 is 123 Å². The fourth-order valence-corrected chi connectivity index (χ4v) is 10.1. The van der Waals surface area contributed by atoms with E-state index < -0.39 is 87.1 Å². The molecule has 0 aliphatic rings. The summed E-state index contributed by atoms with van der Waals surface area (Å²) in [6.07, 6.45) is 0. The summed E-state index contributed by atoms with van der Waals surface area (Å²) in [5.41, 5.74) is 0.171. The Hall–Kier alpha value is -5.59. The molecule has 360 valence electrons. The third-order valence-electron chi connectivity index (χ3n) is 10.3. The number of thiazole rings is 1. The predicted octanol–water partition coefficient (Wildman–Crippen LogP) is -2.84. The number of nitrogens with zero attached hydrogens (tertiary/aromatic N) is 7. The first kappa shape index (κ1) is 62.0. The zero-order chi connectivity index (χ0) is 51.2. The number of benzene rings is 7. The molecule has 1 heterocycles. The van der Waals surface area contributed by atoms with Crippen LogP contribution in [0.1, 0.15) is 11.1 Å². The molecule has 8 aromatic rings. The van der Waals surface area contributed by atoms with E-state index in [-0.39, 0.29) is 131 Å². The van der Waals surface area contributed by atoms with E-state index in [0.29, 0.717) is 23.8 Å². The second-order valence-electron chi connectivity index (χ2n) is 14.9. The van der Waals surface area contributed by atoms with Crippen molar-refractivity contribution in [1.82, 2.24) is 4.98 Å². The number of nitro groups is 1. The third-order valence-corrected chi connectivity index (χ3v) is 14.6. The van der Waals surface area contributed by atoms with E-state index >= 15 is 0 Å². The number of anilines is 4. The number of hydrogen-bond donors (Lipinski definition) is 2.